The Morgan fingerprint density at radius 3 is 1.88 bits per heavy atom. The van der Waals surface area contributed by atoms with E-state index < -0.39 is 16.0 Å². The van der Waals surface area contributed by atoms with Gasteiger partial charge >= 0.3 is 10.1 Å². The first-order valence-corrected chi connectivity index (χ1v) is 12.6. The number of carbonyl (C=O) groups excluding carboxylic acids is 2. The topological polar surface area (TPSA) is 80.8 Å². The first kappa shape index (κ1) is 21.6. The fraction of sp³-hybridized carbons (Fsp3) is 0.308. The predicted octanol–water partition coefficient (Wildman–Crippen LogP) is 4.50. The molecule has 33 heavy (non-hydrogen) atoms. The number of rotatable bonds is 4. The van der Waals surface area contributed by atoms with E-state index in [1.165, 1.54) is 12.1 Å². The Labute approximate surface area is 193 Å². The maximum Gasteiger partial charge on any atom is 0.339 e. The van der Waals surface area contributed by atoms with Gasteiger partial charge in [-0.3, -0.25) is 9.59 Å². The predicted molar refractivity (Wildman–Crippen MR) is 123 cm³/mol. The summed E-state index contributed by atoms with van der Waals surface area (Å²) in [4.78, 5) is 28.2. The van der Waals surface area contributed by atoms with Gasteiger partial charge in [-0.15, -0.1) is 0 Å². The van der Waals surface area contributed by atoms with Crippen LogP contribution in [0.2, 0.25) is 0 Å². The molecule has 0 spiro atoms. The van der Waals surface area contributed by atoms with E-state index in [-0.39, 0.29) is 22.2 Å². The normalized spacial score (nSPS) is 19.5. The van der Waals surface area contributed by atoms with Gasteiger partial charge in [0.05, 0.1) is 0 Å². The standard InChI is InChI=1S/C26H25NO5S/c1-27-20-9-5-11-22(28)25(20)24(26-21(27)10-6-12-23(26)29)17-13-15-18(16-14-17)32-33(30,31)19-7-3-2-4-8-19/h2-4,7-8,13-16,24H,5-6,9-12H2,1H3. The Balaban J connectivity index is 1.53. The van der Waals surface area contributed by atoms with E-state index in [1.54, 1.807) is 42.5 Å². The fourth-order valence-electron chi connectivity index (χ4n) is 5.16. The molecule has 0 aromatic heterocycles. The summed E-state index contributed by atoms with van der Waals surface area (Å²) in [6.07, 6.45) is 4.23. The van der Waals surface area contributed by atoms with Gasteiger partial charge in [0.15, 0.2) is 11.6 Å². The van der Waals surface area contributed by atoms with E-state index in [9.17, 15) is 18.0 Å². The Morgan fingerprint density at radius 2 is 1.33 bits per heavy atom. The highest BCUT2D eigenvalue weighted by molar-refractivity contribution is 7.87. The number of hydrogen-bond donors (Lipinski definition) is 0. The van der Waals surface area contributed by atoms with Crippen molar-refractivity contribution in [3.63, 3.8) is 0 Å². The number of ketones is 2. The third-order valence-electron chi connectivity index (χ3n) is 6.70. The van der Waals surface area contributed by atoms with Crippen molar-refractivity contribution in [3.05, 3.63) is 82.7 Å². The molecule has 1 aliphatic heterocycles. The van der Waals surface area contributed by atoms with Crippen LogP contribution in [-0.4, -0.2) is 31.9 Å². The van der Waals surface area contributed by atoms with E-state index >= 15 is 0 Å². The minimum absolute atomic E-state index is 0.0783. The molecule has 170 valence electrons. The summed E-state index contributed by atoms with van der Waals surface area (Å²) < 4.78 is 30.4. The molecule has 0 radical (unpaired) electrons. The fourth-order valence-corrected chi connectivity index (χ4v) is 6.11. The van der Waals surface area contributed by atoms with Gasteiger partial charge in [0, 0.05) is 48.3 Å². The molecule has 0 bridgehead atoms. The van der Waals surface area contributed by atoms with Crippen molar-refractivity contribution >= 4 is 21.7 Å². The summed E-state index contributed by atoms with van der Waals surface area (Å²) in [5.74, 6) is -0.0505. The lowest BCUT2D eigenvalue weighted by molar-refractivity contribution is -0.117. The van der Waals surface area contributed by atoms with E-state index in [4.69, 9.17) is 4.18 Å². The van der Waals surface area contributed by atoms with Crippen molar-refractivity contribution in [2.75, 3.05) is 7.05 Å². The van der Waals surface area contributed by atoms with E-state index in [2.05, 4.69) is 4.90 Å². The number of benzene rings is 2. The largest absolute Gasteiger partial charge is 0.379 e. The Bertz CT molecular complexity index is 1250. The molecule has 0 unspecified atom stereocenters. The Kier molecular flexibility index (Phi) is 5.44. The average Bonchev–Trinajstić information content (AvgIpc) is 2.81. The zero-order valence-corrected chi connectivity index (χ0v) is 19.2. The summed E-state index contributed by atoms with van der Waals surface area (Å²) >= 11 is 0. The number of hydrogen-bond acceptors (Lipinski definition) is 6. The van der Waals surface area contributed by atoms with Gasteiger partial charge in [0.2, 0.25) is 0 Å². The third-order valence-corrected chi connectivity index (χ3v) is 7.96. The Hall–Kier alpha value is -3.19. The molecule has 1 heterocycles. The highest BCUT2D eigenvalue weighted by Crippen LogP contribution is 2.48. The lowest BCUT2D eigenvalue weighted by Gasteiger charge is -2.42. The quantitative estimate of drug-likeness (QED) is 0.621. The lowest BCUT2D eigenvalue weighted by Crippen LogP contribution is -2.37. The summed E-state index contributed by atoms with van der Waals surface area (Å²) in [7, 11) is -1.99. The second kappa shape index (κ2) is 8.30. The molecular weight excluding hydrogens is 438 g/mol. The van der Waals surface area contributed by atoms with Crippen molar-refractivity contribution in [1.82, 2.24) is 4.90 Å². The molecule has 0 atom stereocenters. The van der Waals surface area contributed by atoms with Gasteiger partial charge in [-0.05, 0) is 55.5 Å². The molecule has 5 rings (SSSR count). The molecule has 0 amide bonds. The van der Waals surface area contributed by atoms with Gasteiger partial charge in [-0.2, -0.15) is 8.42 Å². The number of nitrogens with zero attached hydrogens (tertiary/aromatic N) is 1. The van der Waals surface area contributed by atoms with Crippen LogP contribution in [0.5, 0.6) is 5.75 Å². The molecule has 7 heteroatoms. The zero-order valence-electron chi connectivity index (χ0n) is 18.4. The molecule has 0 saturated carbocycles. The van der Waals surface area contributed by atoms with Crippen LogP contribution in [0.15, 0.2) is 82.0 Å². The molecule has 0 saturated heterocycles. The smallest absolute Gasteiger partial charge is 0.339 e. The third kappa shape index (κ3) is 3.80. The summed E-state index contributed by atoms with van der Waals surface area (Å²) in [6.45, 7) is 0. The van der Waals surface area contributed by atoms with E-state index in [1.807, 2.05) is 7.05 Å². The molecule has 2 aromatic rings. The van der Waals surface area contributed by atoms with Gasteiger partial charge < -0.3 is 9.08 Å². The van der Waals surface area contributed by atoms with Crippen molar-refractivity contribution < 1.29 is 22.2 Å². The Morgan fingerprint density at radius 1 is 0.788 bits per heavy atom. The van der Waals surface area contributed by atoms with Crippen LogP contribution in [0.4, 0.5) is 0 Å². The minimum Gasteiger partial charge on any atom is -0.379 e. The van der Waals surface area contributed by atoms with Crippen LogP contribution in [0.25, 0.3) is 0 Å². The van der Waals surface area contributed by atoms with Crippen molar-refractivity contribution in [3.8, 4) is 5.75 Å². The summed E-state index contributed by atoms with van der Waals surface area (Å²) in [5.41, 5.74) is 4.25. The maximum atomic E-state index is 13.0. The van der Waals surface area contributed by atoms with Crippen molar-refractivity contribution in [2.45, 2.75) is 49.3 Å². The van der Waals surface area contributed by atoms with Crippen LogP contribution < -0.4 is 4.18 Å². The van der Waals surface area contributed by atoms with Crippen LogP contribution in [0.1, 0.15) is 50.0 Å². The van der Waals surface area contributed by atoms with Gasteiger partial charge in [-0.25, -0.2) is 0 Å². The van der Waals surface area contributed by atoms with Crippen molar-refractivity contribution in [1.29, 1.82) is 0 Å². The molecule has 0 N–H and O–H groups in total. The first-order chi connectivity index (χ1) is 15.9. The number of allylic oxidation sites excluding steroid dienone is 4. The maximum absolute atomic E-state index is 13.0. The van der Waals surface area contributed by atoms with Gasteiger partial charge in [-0.1, -0.05) is 30.3 Å². The van der Waals surface area contributed by atoms with Crippen LogP contribution in [-0.2, 0) is 19.7 Å². The lowest BCUT2D eigenvalue weighted by atomic mass is 9.71. The van der Waals surface area contributed by atoms with Crippen LogP contribution in [0, 0.1) is 0 Å². The van der Waals surface area contributed by atoms with E-state index in [0.29, 0.717) is 24.0 Å². The number of Topliss-reactive ketones (excluding diaryl/α,β-unsaturated/α-hetero) is 2. The van der Waals surface area contributed by atoms with Crippen LogP contribution in [0.3, 0.4) is 0 Å². The van der Waals surface area contributed by atoms with Crippen molar-refractivity contribution in [2.24, 2.45) is 0 Å². The average molecular weight is 464 g/mol. The van der Waals surface area contributed by atoms with E-state index in [0.717, 1.165) is 42.6 Å². The number of carbonyl (C=O) groups is 2. The second-order valence-corrected chi connectivity index (χ2v) is 10.2. The molecular formula is C26H25NO5S. The highest BCUT2D eigenvalue weighted by Gasteiger charge is 2.42. The highest BCUT2D eigenvalue weighted by atomic mass is 32.2. The monoisotopic (exact) mass is 463 g/mol. The minimum atomic E-state index is -3.95. The second-order valence-electron chi connectivity index (χ2n) is 8.69. The zero-order chi connectivity index (χ0) is 23.2. The summed E-state index contributed by atoms with van der Waals surface area (Å²) in [6, 6.07) is 14.7. The van der Waals surface area contributed by atoms with Crippen LogP contribution >= 0.6 is 0 Å². The molecule has 0 fully saturated rings. The van der Waals surface area contributed by atoms with Gasteiger partial charge in [0.1, 0.15) is 10.6 Å². The molecule has 2 aromatic carbocycles. The molecule has 3 aliphatic rings. The summed E-state index contributed by atoms with van der Waals surface area (Å²) in [5, 5.41) is 0. The molecule has 2 aliphatic carbocycles. The molecule has 6 nitrogen and oxygen atoms in total. The first-order valence-electron chi connectivity index (χ1n) is 11.2. The van der Waals surface area contributed by atoms with Gasteiger partial charge in [0.25, 0.3) is 0 Å². The SMILES string of the molecule is CN1C2=C(C(=O)CCC2)C(c2ccc(OS(=O)(=O)c3ccccc3)cc2)C2=C1CCCC2=O.